The third-order valence-corrected chi connectivity index (χ3v) is 11.6. The molecule has 9 aromatic carbocycles. The van der Waals surface area contributed by atoms with Crippen LogP contribution in [0.4, 0.5) is 17.1 Å². The Hall–Kier alpha value is -7.82. The zero-order chi connectivity index (χ0) is 38.2. The smallest absolute Gasteiger partial charge is 0.145 e. The Labute approximate surface area is 334 Å². The van der Waals surface area contributed by atoms with Gasteiger partial charge in [0.25, 0.3) is 0 Å². The zero-order valence-electron chi connectivity index (χ0n) is 31.3. The summed E-state index contributed by atoms with van der Waals surface area (Å²) < 4.78 is 15.9. The SMILES string of the molecule is c1ccc(N(c2cccc(-c3cccc4c3oc3ccccc34)c2)c2ccc3c(oc4ccccc43)c2-c2ccccc2-n2c3ccccc3c3ccccc32)cc1. The van der Waals surface area contributed by atoms with E-state index in [4.69, 9.17) is 8.83 Å². The van der Waals surface area contributed by atoms with Crippen molar-refractivity contribution in [2.24, 2.45) is 0 Å². The minimum absolute atomic E-state index is 0.844. The van der Waals surface area contributed by atoms with Gasteiger partial charge in [0.15, 0.2) is 0 Å². The van der Waals surface area contributed by atoms with Gasteiger partial charge >= 0.3 is 0 Å². The molecule has 0 saturated carbocycles. The highest BCUT2D eigenvalue weighted by Gasteiger charge is 2.26. The van der Waals surface area contributed by atoms with Crippen LogP contribution in [0.5, 0.6) is 0 Å². The number of rotatable bonds is 6. The van der Waals surface area contributed by atoms with Gasteiger partial charge in [-0.1, -0.05) is 140 Å². The van der Waals surface area contributed by atoms with E-state index in [0.29, 0.717) is 0 Å². The van der Waals surface area contributed by atoms with E-state index in [1.807, 2.05) is 18.2 Å². The summed E-state index contributed by atoms with van der Waals surface area (Å²) >= 11 is 0. The van der Waals surface area contributed by atoms with Crippen LogP contribution < -0.4 is 4.90 Å². The predicted molar refractivity (Wildman–Crippen MR) is 241 cm³/mol. The monoisotopic (exact) mass is 742 g/mol. The quantitative estimate of drug-likeness (QED) is 0.170. The van der Waals surface area contributed by atoms with Crippen molar-refractivity contribution in [3.05, 3.63) is 206 Å². The number of fused-ring (bicyclic) bond motifs is 9. The van der Waals surface area contributed by atoms with Crippen molar-refractivity contribution in [1.82, 2.24) is 4.57 Å². The minimum Gasteiger partial charge on any atom is -0.455 e. The van der Waals surface area contributed by atoms with E-state index >= 15 is 0 Å². The average molecular weight is 743 g/mol. The summed E-state index contributed by atoms with van der Waals surface area (Å²) in [4.78, 5) is 2.37. The van der Waals surface area contributed by atoms with Crippen molar-refractivity contribution in [2.75, 3.05) is 4.90 Å². The Morgan fingerprint density at radius 3 is 1.64 bits per heavy atom. The maximum atomic E-state index is 6.97. The summed E-state index contributed by atoms with van der Waals surface area (Å²) in [7, 11) is 0. The molecule has 4 nitrogen and oxygen atoms in total. The lowest BCUT2D eigenvalue weighted by Gasteiger charge is -2.29. The van der Waals surface area contributed by atoms with Crippen molar-refractivity contribution in [2.45, 2.75) is 0 Å². The van der Waals surface area contributed by atoms with Crippen molar-refractivity contribution < 1.29 is 8.83 Å². The van der Waals surface area contributed by atoms with Crippen LogP contribution in [0, 0.1) is 0 Å². The Morgan fingerprint density at radius 1 is 0.362 bits per heavy atom. The first-order chi connectivity index (χ1) is 28.8. The summed E-state index contributed by atoms with van der Waals surface area (Å²) in [6, 6.07) is 73.1. The summed E-state index contributed by atoms with van der Waals surface area (Å²) in [6.07, 6.45) is 0. The molecule has 0 aliphatic carbocycles. The molecule has 58 heavy (non-hydrogen) atoms. The van der Waals surface area contributed by atoms with Gasteiger partial charge < -0.3 is 18.3 Å². The Bertz CT molecular complexity index is 3480. The number of furan rings is 2. The number of hydrogen-bond donors (Lipinski definition) is 0. The first kappa shape index (κ1) is 32.4. The molecule has 0 aliphatic heterocycles. The molecule has 0 bridgehead atoms. The van der Waals surface area contributed by atoms with Crippen molar-refractivity contribution in [1.29, 1.82) is 0 Å². The molecule has 0 unspecified atom stereocenters. The van der Waals surface area contributed by atoms with Crippen molar-refractivity contribution in [3.8, 4) is 27.9 Å². The molecule has 4 heteroatoms. The second-order valence-corrected chi connectivity index (χ2v) is 14.8. The number of para-hydroxylation sites is 7. The Balaban J connectivity index is 1.15. The van der Waals surface area contributed by atoms with Gasteiger partial charge in [-0.05, 0) is 72.3 Å². The largest absolute Gasteiger partial charge is 0.455 e. The standard InChI is InChI=1S/C54H34N2O2/c1-2-17-36(18-3-1)55(37-19-14-16-35(34-37)38-25-15-26-43-41-22-7-12-30-50(41)57-53(38)43)49-33-32-44-42-23-8-13-31-51(42)58-54(44)52(49)45-24-6-11-29-48(45)56-46-27-9-4-20-39(46)40-21-5-10-28-47(40)56/h1-34H. The van der Waals surface area contributed by atoms with E-state index in [2.05, 4.69) is 198 Å². The third kappa shape index (κ3) is 4.88. The van der Waals surface area contributed by atoms with Crippen LogP contribution in [0.25, 0.3) is 93.6 Å². The van der Waals surface area contributed by atoms with E-state index in [9.17, 15) is 0 Å². The minimum atomic E-state index is 0.844. The molecule has 0 aliphatic rings. The van der Waals surface area contributed by atoms with Crippen molar-refractivity contribution >= 4 is 82.7 Å². The predicted octanol–water partition coefficient (Wildman–Crippen LogP) is 15.4. The highest BCUT2D eigenvalue weighted by molar-refractivity contribution is 6.15. The molecule has 0 amide bonds. The number of hydrogen-bond acceptors (Lipinski definition) is 3. The third-order valence-electron chi connectivity index (χ3n) is 11.6. The van der Waals surface area contributed by atoms with Crippen LogP contribution in [0.15, 0.2) is 215 Å². The lowest BCUT2D eigenvalue weighted by molar-refractivity contribution is 0.669. The van der Waals surface area contributed by atoms with Crippen LogP contribution in [0.2, 0.25) is 0 Å². The lowest BCUT2D eigenvalue weighted by atomic mass is 9.96. The van der Waals surface area contributed by atoms with Gasteiger partial charge in [-0.2, -0.15) is 0 Å². The van der Waals surface area contributed by atoms with Gasteiger partial charge in [0, 0.05) is 54.8 Å². The molecular weight excluding hydrogens is 709 g/mol. The molecule has 0 N–H and O–H groups in total. The Morgan fingerprint density at radius 2 is 0.897 bits per heavy atom. The van der Waals surface area contributed by atoms with Crippen LogP contribution >= 0.6 is 0 Å². The Kier molecular flexibility index (Phi) is 7.20. The molecule has 0 radical (unpaired) electrons. The number of benzene rings is 9. The van der Waals surface area contributed by atoms with E-state index in [1.54, 1.807) is 0 Å². The molecule has 3 heterocycles. The van der Waals surface area contributed by atoms with Crippen LogP contribution in [0.1, 0.15) is 0 Å². The highest BCUT2D eigenvalue weighted by atomic mass is 16.3. The molecule has 0 atom stereocenters. The van der Waals surface area contributed by atoms with E-state index in [0.717, 1.165) is 99.9 Å². The topological polar surface area (TPSA) is 34.5 Å². The van der Waals surface area contributed by atoms with Gasteiger partial charge in [0.05, 0.1) is 28.0 Å². The fourth-order valence-corrected chi connectivity index (χ4v) is 9.08. The van der Waals surface area contributed by atoms with E-state index in [1.165, 1.54) is 10.8 Å². The number of nitrogens with zero attached hydrogens (tertiary/aromatic N) is 2. The highest BCUT2D eigenvalue weighted by Crippen LogP contribution is 2.49. The summed E-state index contributed by atoms with van der Waals surface area (Å²) in [5.74, 6) is 0. The summed E-state index contributed by atoms with van der Waals surface area (Å²) in [5, 5.41) is 6.83. The van der Waals surface area contributed by atoms with Crippen LogP contribution in [-0.4, -0.2) is 4.57 Å². The first-order valence-corrected chi connectivity index (χ1v) is 19.7. The maximum absolute atomic E-state index is 6.97. The van der Waals surface area contributed by atoms with Gasteiger partial charge in [-0.3, -0.25) is 0 Å². The molecule has 3 aromatic heterocycles. The molecule has 12 rings (SSSR count). The first-order valence-electron chi connectivity index (χ1n) is 19.7. The average Bonchev–Trinajstić information content (AvgIpc) is 3.97. The second-order valence-electron chi connectivity index (χ2n) is 14.8. The summed E-state index contributed by atoms with van der Waals surface area (Å²) in [5.41, 5.74) is 14.1. The molecule has 0 saturated heterocycles. The molecular formula is C54H34N2O2. The van der Waals surface area contributed by atoms with Gasteiger partial charge in [-0.25, -0.2) is 0 Å². The van der Waals surface area contributed by atoms with Gasteiger partial charge in [0.2, 0.25) is 0 Å². The van der Waals surface area contributed by atoms with Crippen LogP contribution in [0.3, 0.4) is 0 Å². The fourth-order valence-electron chi connectivity index (χ4n) is 9.08. The zero-order valence-corrected chi connectivity index (χ0v) is 31.3. The second kappa shape index (κ2) is 12.9. The van der Waals surface area contributed by atoms with Gasteiger partial charge in [-0.15, -0.1) is 0 Å². The van der Waals surface area contributed by atoms with Gasteiger partial charge in [0.1, 0.15) is 22.3 Å². The van der Waals surface area contributed by atoms with Crippen LogP contribution in [-0.2, 0) is 0 Å². The van der Waals surface area contributed by atoms with Crippen molar-refractivity contribution in [3.63, 3.8) is 0 Å². The number of anilines is 3. The summed E-state index contributed by atoms with van der Waals surface area (Å²) in [6.45, 7) is 0. The molecule has 0 spiro atoms. The van der Waals surface area contributed by atoms with E-state index in [-0.39, 0.29) is 0 Å². The molecule has 12 aromatic rings. The molecule has 272 valence electrons. The lowest BCUT2D eigenvalue weighted by Crippen LogP contribution is -2.12. The fraction of sp³-hybridized carbons (Fsp3) is 0. The maximum Gasteiger partial charge on any atom is 0.145 e. The normalized spacial score (nSPS) is 11.8. The number of aromatic nitrogens is 1. The van der Waals surface area contributed by atoms with E-state index < -0.39 is 0 Å². The molecule has 0 fully saturated rings.